The van der Waals surface area contributed by atoms with E-state index in [1.54, 1.807) is 17.0 Å². The molecule has 9 heteroatoms. The van der Waals surface area contributed by atoms with Crippen molar-refractivity contribution >= 4 is 27.5 Å². The van der Waals surface area contributed by atoms with Crippen molar-refractivity contribution in [3.8, 4) is 0 Å². The van der Waals surface area contributed by atoms with Crippen LogP contribution in [0.4, 0.5) is 10.1 Å². The summed E-state index contributed by atoms with van der Waals surface area (Å²) >= 11 is 0. The third-order valence-electron chi connectivity index (χ3n) is 5.51. The van der Waals surface area contributed by atoms with Crippen LogP contribution in [0.25, 0.3) is 0 Å². The number of halogens is 1. The summed E-state index contributed by atoms with van der Waals surface area (Å²) in [4.78, 5) is 26.8. The van der Waals surface area contributed by atoms with E-state index in [0.29, 0.717) is 30.4 Å². The molecule has 164 valence electrons. The SMILES string of the molecule is O=C(NC1CC1)C1CCCN(C(=O)c2ccc(NS(=O)(=O)c3ccc(F)cc3)cc2)C1. The van der Waals surface area contributed by atoms with Crippen LogP contribution < -0.4 is 10.0 Å². The Balaban J connectivity index is 1.39. The minimum absolute atomic E-state index is 0.0190. The normalized spacial score (nSPS) is 19.0. The fraction of sp³-hybridized carbons (Fsp3) is 0.364. The number of likely N-dealkylation sites (tertiary alicyclic amines) is 1. The van der Waals surface area contributed by atoms with E-state index in [2.05, 4.69) is 10.0 Å². The second kappa shape index (κ2) is 8.66. The van der Waals surface area contributed by atoms with Gasteiger partial charge in [0, 0.05) is 30.4 Å². The van der Waals surface area contributed by atoms with Gasteiger partial charge in [-0.05, 0) is 74.2 Å². The number of amides is 2. The van der Waals surface area contributed by atoms with Gasteiger partial charge in [0.15, 0.2) is 0 Å². The Hall–Kier alpha value is -2.94. The van der Waals surface area contributed by atoms with Crippen LogP contribution in [0.2, 0.25) is 0 Å². The number of piperidine rings is 1. The Morgan fingerprint density at radius 3 is 2.29 bits per heavy atom. The monoisotopic (exact) mass is 445 g/mol. The molecule has 4 rings (SSSR count). The molecule has 2 N–H and O–H groups in total. The van der Waals surface area contributed by atoms with Crippen LogP contribution in [0.3, 0.4) is 0 Å². The van der Waals surface area contributed by atoms with Gasteiger partial charge in [0.1, 0.15) is 5.82 Å². The molecule has 0 bridgehead atoms. The maximum atomic E-state index is 13.0. The molecular weight excluding hydrogens is 421 g/mol. The van der Waals surface area contributed by atoms with Gasteiger partial charge < -0.3 is 10.2 Å². The van der Waals surface area contributed by atoms with Crippen LogP contribution in [-0.4, -0.2) is 44.3 Å². The zero-order chi connectivity index (χ0) is 22.0. The summed E-state index contributed by atoms with van der Waals surface area (Å²) in [6, 6.07) is 10.9. The molecule has 0 spiro atoms. The number of hydrogen-bond donors (Lipinski definition) is 2. The molecule has 0 aromatic heterocycles. The molecule has 2 aliphatic rings. The maximum Gasteiger partial charge on any atom is 0.261 e. The Bertz CT molecular complexity index is 1070. The Morgan fingerprint density at radius 1 is 0.968 bits per heavy atom. The lowest BCUT2D eigenvalue weighted by Gasteiger charge is -2.32. The summed E-state index contributed by atoms with van der Waals surface area (Å²) in [6.07, 6.45) is 3.59. The number of hydrogen-bond acceptors (Lipinski definition) is 4. The van der Waals surface area contributed by atoms with Crippen LogP contribution >= 0.6 is 0 Å². The summed E-state index contributed by atoms with van der Waals surface area (Å²) in [5.74, 6) is -0.880. The summed E-state index contributed by atoms with van der Waals surface area (Å²) in [7, 11) is -3.86. The zero-order valence-corrected chi connectivity index (χ0v) is 17.7. The maximum absolute atomic E-state index is 13.0. The highest BCUT2D eigenvalue weighted by molar-refractivity contribution is 7.92. The van der Waals surface area contributed by atoms with Gasteiger partial charge in [-0.3, -0.25) is 14.3 Å². The summed E-state index contributed by atoms with van der Waals surface area (Å²) < 4.78 is 40.3. The number of nitrogens with zero attached hydrogens (tertiary/aromatic N) is 1. The highest BCUT2D eigenvalue weighted by Crippen LogP contribution is 2.24. The van der Waals surface area contributed by atoms with E-state index in [0.717, 1.165) is 37.8 Å². The zero-order valence-electron chi connectivity index (χ0n) is 16.9. The lowest BCUT2D eigenvalue weighted by atomic mass is 9.96. The summed E-state index contributed by atoms with van der Waals surface area (Å²) in [6.45, 7) is 0.974. The first-order valence-electron chi connectivity index (χ1n) is 10.3. The van der Waals surface area contributed by atoms with Crippen molar-refractivity contribution in [2.45, 2.75) is 36.6 Å². The van der Waals surface area contributed by atoms with Crippen molar-refractivity contribution in [2.24, 2.45) is 5.92 Å². The van der Waals surface area contributed by atoms with E-state index in [1.807, 2.05) is 0 Å². The Labute approximate surface area is 180 Å². The van der Waals surface area contributed by atoms with E-state index in [9.17, 15) is 22.4 Å². The number of nitrogens with one attached hydrogen (secondary N) is 2. The fourth-order valence-electron chi connectivity index (χ4n) is 3.61. The van der Waals surface area contributed by atoms with Crippen LogP contribution in [0.1, 0.15) is 36.0 Å². The van der Waals surface area contributed by atoms with Gasteiger partial charge in [0.05, 0.1) is 10.8 Å². The molecule has 2 fully saturated rings. The number of sulfonamides is 1. The minimum atomic E-state index is -3.86. The Kier molecular flexibility index (Phi) is 5.95. The van der Waals surface area contributed by atoms with Gasteiger partial charge in [0.2, 0.25) is 5.91 Å². The third kappa shape index (κ3) is 5.22. The molecule has 31 heavy (non-hydrogen) atoms. The molecule has 1 atom stereocenters. The average molecular weight is 446 g/mol. The molecular formula is C22H24FN3O4S. The van der Waals surface area contributed by atoms with E-state index < -0.39 is 15.8 Å². The third-order valence-corrected chi connectivity index (χ3v) is 6.91. The van der Waals surface area contributed by atoms with Gasteiger partial charge in [-0.25, -0.2) is 12.8 Å². The lowest BCUT2D eigenvalue weighted by Crippen LogP contribution is -2.45. The topological polar surface area (TPSA) is 95.6 Å². The number of carbonyl (C=O) groups is 2. The highest BCUT2D eigenvalue weighted by Gasteiger charge is 2.32. The number of anilines is 1. The minimum Gasteiger partial charge on any atom is -0.353 e. The Morgan fingerprint density at radius 2 is 1.65 bits per heavy atom. The van der Waals surface area contributed by atoms with Crippen molar-refractivity contribution in [3.63, 3.8) is 0 Å². The van der Waals surface area contributed by atoms with Gasteiger partial charge >= 0.3 is 0 Å². The molecule has 2 amide bonds. The van der Waals surface area contributed by atoms with Crippen LogP contribution in [-0.2, 0) is 14.8 Å². The second-order valence-electron chi connectivity index (χ2n) is 8.01. The molecule has 1 unspecified atom stereocenters. The molecule has 7 nitrogen and oxygen atoms in total. The summed E-state index contributed by atoms with van der Waals surface area (Å²) in [5, 5.41) is 3.01. The molecule has 2 aromatic carbocycles. The average Bonchev–Trinajstić information content (AvgIpc) is 3.58. The van der Waals surface area contributed by atoms with Crippen molar-refractivity contribution < 1.29 is 22.4 Å². The van der Waals surface area contributed by atoms with Crippen LogP contribution in [0.5, 0.6) is 0 Å². The lowest BCUT2D eigenvalue weighted by molar-refractivity contribution is -0.126. The highest BCUT2D eigenvalue weighted by atomic mass is 32.2. The van der Waals surface area contributed by atoms with E-state index in [-0.39, 0.29) is 22.6 Å². The molecule has 1 aliphatic heterocycles. The van der Waals surface area contributed by atoms with Gasteiger partial charge in [-0.2, -0.15) is 0 Å². The smallest absolute Gasteiger partial charge is 0.261 e. The van der Waals surface area contributed by atoms with Crippen LogP contribution in [0.15, 0.2) is 53.4 Å². The van der Waals surface area contributed by atoms with Crippen molar-refractivity contribution in [2.75, 3.05) is 17.8 Å². The molecule has 1 aliphatic carbocycles. The molecule has 0 radical (unpaired) electrons. The first kappa shape index (κ1) is 21.3. The van der Waals surface area contributed by atoms with Crippen molar-refractivity contribution in [1.82, 2.24) is 10.2 Å². The van der Waals surface area contributed by atoms with Crippen molar-refractivity contribution in [1.29, 1.82) is 0 Å². The molecule has 1 heterocycles. The second-order valence-corrected chi connectivity index (χ2v) is 9.69. The number of rotatable bonds is 6. The molecule has 1 saturated heterocycles. The summed E-state index contributed by atoms with van der Waals surface area (Å²) in [5.41, 5.74) is 0.717. The predicted octanol–water partition coefficient (Wildman–Crippen LogP) is 2.76. The first-order chi connectivity index (χ1) is 14.8. The van der Waals surface area contributed by atoms with Gasteiger partial charge in [-0.15, -0.1) is 0 Å². The van der Waals surface area contributed by atoms with Gasteiger partial charge in [0.25, 0.3) is 15.9 Å². The number of carbonyl (C=O) groups excluding carboxylic acids is 2. The van der Waals surface area contributed by atoms with Crippen molar-refractivity contribution in [3.05, 3.63) is 59.9 Å². The largest absolute Gasteiger partial charge is 0.353 e. The van der Waals surface area contributed by atoms with E-state index in [4.69, 9.17) is 0 Å². The van der Waals surface area contributed by atoms with Gasteiger partial charge in [-0.1, -0.05) is 0 Å². The standard InChI is InChI=1S/C22H24FN3O4S/c23-17-5-11-20(12-6-17)31(29,30)25-19-7-3-15(4-8-19)22(28)26-13-1-2-16(14-26)21(27)24-18-9-10-18/h3-8,11-12,16,18,25H,1-2,9-10,13-14H2,(H,24,27). The molecule has 1 saturated carbocycles. The first-order valence-corrected chi connectivity index (χ1v) is 11.8. The van der Waals surface area contributed by atoms with E-state index in [1.165, 1.54) is 24.3 Å². The predicted molar refractivity (Wildman–Crippen MR) is 113 cm³/mol. The quantitative estimate of drug-likeness (QED) is 0.715. The van der Waals surface area contributed by atoms with E-state index >= 15 is 0 Å². The molecule has 2 aromatic rings. The number of benzene rings is 2. The van der Waals surface area contributed by atoms with Crippen LogP contribution in [0, 0.1) is 11.7 Å². The fourth-order valence-corrected chi connectivity index (χ4v) is 4.67.